The first-order valence-corrected chi connectivity index (χ1v) is 7.46. The van der Waals surface area contributed by atoms with E-state index in [1.165, 1.54) is 32.4 Å². The maximum Gasteiger partial charge on any atom is 0.221 e. The molecule has 1 aromatic heterocycles. The molecule has 1 aliphatic rings. The van der Waals surface area contributed by atoms with Gasteiger partial charge in [0, 0.05) is 18.5 Å². The normalized spacial score (nSPS) is 16.6. The van der Waals surface area contributed by atoms with Crippen LogP contribution in [0.1, 0.15) is 37.6 Å². The number of ether oxygens (including phenoxy) is 1. The van der Waals surface area contributed by atoms with Gasteiger partial charge >= 0.3 is 0 Å². The number of piperidine rings is 1. The van der Waals surface area contributed by atoms with Crippen LogP contribution in [-0.2, 0) is 6.42 Å². The van der Waals surface area contributed by atoms with Crippen molar-refractivity contribution in [1.29, 1.82) is 0 Å². The third-order valence-electron chi connectivity index (χ3n) is 3.50. The van der Waals surface area contributed by atoms with Crippen LogP contribution in [0, 0.1) is 6.92 Å². The fourth-order valence-corrected chi connectivity index (χ4v) is 2.44. The zero-order chi connectivity index (χ0) is 13.7. The van der Waals surface area contributed by atoms with Crippen molar-refractivity contribution in [2.45, 2.75) is 39.5 Å². The molecule has 19 heavy (non-hydrogen) atoms. The van der Waals surface area contributed by atoms with Gasteiger partial charge in [-0.15, -0.1) is 0 Å². The van der Waals surface area contributed by atoms with Gasteiger partial charge in [-0.1, -0.05) is 24.9 Å². The standard InChI is InChI=1S/C14H22ClN3O/c1-3-12-16-13(15)11(2)14(17-12)19-10-9-18-7-5-4-6-8-18/h3-10H2,1-2H3. The lowest BCUT2D eigenvalue weighted by Crippen LogP contribution is -2.33. The summed E-state index contributed by atoms with van der Waals surface area (Å²) in [4.78, 5) is 11.1. The van der Waals surface area contributed by atoms with Gasteiger partial charge in [0.2, 0.25) is 5.88 Å². The van der Waals surface area contributed by atoms with E-state index >= 15 is 0 Å². The summed E-state index contributed by atoms with van der Waals surface area (Å²) in [7, 11) is 0. The SMILES string of the molecule is CCc1nc(Cl)c(C)c(OCCN2CCCCC2)n1. The van der Waals surface area contributed by atoms with E-state index in [2.05, 4.69) is 14.9 Å². The van der Waals surface area contributed by atoms with E-state index in [9.17, 15) is 0 Å². The lowest BCUT2D eigenvalue weighted by molar-refractivity contribution is 0.179. The van der Waals surface area contributed by atoms with Crippen LogP contribution in [0.5, 0.6) is 5.88 Å². The molecule has 1 fully saturated rings. The van der Waals surface area contributed by atoms with Crippen molar-refractivity contribution in [3.63, 3.8) is 0 Å². The second kappa shape index (κ2) is 7.06. The Morgan fingerprint density at radius 3 is 2.63 bits per heavy atom. The largest absolute Gasteiger partial charge is 0.476 e. The fourth-order valence-electron chi connectivity index (χ4n) is 2.26. The second-order valence-electron chi connectivity index (χ2n) is 4.97. The van der Waals surface area contributed by atoms with Crippen molar-refractivity contribution >= 4 is 11.6 Å². The summed E-state index contributed by atoms with van der Waals surface area (Å²) in [5, 5.41) is 0.500. The molecule has 2 rings (SSSR count). The molecule has 1 aliphatic heterocycles. The molecule has 1 aromatic rings. The summed E-state index contributed by atoms with van der Waals surface area (Å²) < 4.78 is 5.79. The molecular formula is C14H22ClN3O. The van der Waals surface area contributed by atoms with Gasteiger partial charge in [-0.3, -0.25) is 4.90 Å². The Labute approximate surface area is 120 Å². The molecule has 0 amide bonds. The number of rotatable bonds is 5. The fraction of sp³-hybridized carbons (Fsp3) is 0.714. The summed E-state index contributed by atoms with van der Waals surface area (Å²) in [5.74, 6) is 1.37. The molecule has 0 atom stereocenters. The zero-order valence-electron chi connectivity index (χ0n) is 11.8. The Morgan fingerprint density at radius 2 is 1.95 bits per heavy atom. The Hall–Kier alpha value is -0.870. The minimum Gasteiger partial charge on any atom is -0.476 e. The summed E-state index contributed by atoms with van der Waals surface area (Å²) >= 11 is 6.08. The molecule has 0 bridgehead atoms. The van der Waals surface area contributed by atoms with Gasteiger partial charge in [-0.25, -0.2) is 4.98 Å². The molecule has 106 valence electrons. The highest BCUT2D eigenvalue weighted by molar-refractivity contribution is 6.30. The van der Waals surface area contributed by atoms with Crippen LogP contribution in [0.4, 0.5) is 0 Å². The average molecular weight is 284 g/mol. The molecule has 0 N–H and O–H groups in total. The van der Waals surface area contributed by atoms with E-state index < -0.39 is 0 Å². The first-order valence-electron chi connectivity index (χ1n) is 7.09. The number of hydrogen-bond acceptors (Lipinski definition) is 4. The number of halogens is 1. The molecular weight excluding hydrogens is 262 g/mol. The molecule has 0 unspecified atom stereocenters. The minimum absolute atomic E-state index is 0.500. The van der Waals surface area contributed by atoms with E-state index in [1.807, 2.05) is 13.8 Å². The second-order valence-corrected chi connectivity index (χ2v) is 5.32. The van der Waals surface area contributed by atoms with Gasteiger partial charge in [-0.05, 0) is 32.9 Å². The molecule has 4 nitrogen and oxygen atoms in total. The zero-order valence-corrected chi connectivity index (χ0v) is 12.5. The Kier molecular flexibility index (Phi) is 5.40. The number of nitrogens with zero attached hydrogens (tertiary/aromatic N) is 3. The van der Waals surface area contributed by atoms with Crippen LogP contribution in [0.15, 0.2) is 0 Å². The van der Waals surface area contributed by atoms with E-state index in [-0.39, 0.29) is 0 Å². The third kappa shape index (κ3) is 4.05. The maximum atomic E-state index is 6.08. The topological polar surface area (TPSA) is 38.2 Å². The molecule has 0 aliphatic carbocycles. The lowest BCUT2D eigenvalue weighted by Gasteiger charge is -2.26. The highest BCUT2D eigenvalue weighted by atomic mass is 35.5. The highest BCUT2D eigenvalue weighted by Crippen LogP contribution is 2.22. The summed E-state index contributed by atoms with van der Waals surface area (Å²) in [5.41, 5.74) is 0.831. The monoisotopic (exact) mass is 283 g/mol. The smallest absolute Gasteiger partial charge is 0.221 e. The number of aromatic nitrogens is 2. The Morgan fingerprint density at radius 1 is 1.21 bits per heavy atom. The predicted octanol–water partition coefficient (Wildman–Crippen LogP) is 2.87. The molecule has 2 heterocycles. The molecule has 0 saturated carbocycles. The van der Waals surface area contributed by atoms with E-state index in [1.54, 1.807) is 0 Å². The van der Waals surface area contributed by atoms with Crippen molar-refractivity contribution in [3.8, 4) is 5.88 Å². The maximum absolute atomic E-state index is 6.08. The number of likely N-dealkylation sites (tertiary alicyclic amines) is 1. The molecule has 5 heteroatoms. The Bertz CT molecular complexity index is 419. The highest BCUT2D eigenvalue weighted by Gasteiger charge is 2.12. The van der Waals surface area contributed by atoms with Crippen LogP contribution >= 0.6 is 11.6 Å². The van der Waals surface area contributed by atoms with Gasteiger partial charge < -0.3 is 4.74 Å². The van der Waals surface area contributed by atoms with Gasteiger partial charge in [0.05, 0.1) is 0 Å². The van der Waals surface area contributed by atoms with Gasteiger partial charge in [0.25, 0.3) is 0 Å². The summed E-state index contributed by atoms with van der Waals surface area (Å²) in [6, 6.07) is 0. The van der Waals surface area contributed by atoms with Gasteiger partial charge in [0.1, 0.15) is 17.6 Å². The molecule has 0 aromatic carbocycles. The quantitative estimate of drug-likeness (QED) is 0.779. The van der Waals surface area contributed by atoms with Crippen LogP contribution < -0.4 is 4.74 Å². The first-order chi connectivity index (χ1) is 9.20. The van der Waals surface area contributed by atoms with Crippen LogP contribution in [0.25, 0.3) is 0 Å². The van der Waals surface area contributed by atoms with Gasteiger partial charge in [-0.2, -0.15) is 4.98 Å². The van der Waals surface area contributed by atoms with Crippen LogP contribution in [-0.4, -0.2) is 41.1 Å². The first kappa shape index (κ1) is 14.5. The van der Waals surface area contributed by atoms with E-state index in [0.29, 0.717) is 17.6 Å². The third-order valence-corrected chi connectivity index (χ3v) is 3.87. The van der Waals surface area contributed by atoms with Crippen molar-refractivity contribution in [1.82, 2.24) is 14.9 Å². The lowest BCUT2D eigenvalue weighted by atomic mass is 10.1. The molecule has 0 radical (unpaired) electrons. The summed E-state index contributed by atoms with van der Waals surface area (Å²) in [6.45, 7) is 7.91. The van der Waals surface area contributed by atoms with Crippen LogP contribution in [0.3, 0.4) is 0 Å². The number of hydrogen-bond donors (Lipinski definition) is 0. The average Bonchev–Trinajstić information content (AvgIpc) is 2.44. The van der Waals surface area contributed by atoms with Crippen LogP contribution in [0.2, 0.25) is 5.15 Å². The van der Waals surface area contributed by atoms with Crippen molar-refractivity contribution in [2.75, 3.05) is 26.2 Å². The minimum atomic E-state index is 0.500. The number of aryl methyl sites for hydroxylation is 1. The predicted molar refractivity (Wildman–Crippen MR) is 76.9 cm³/mol. The van der Waals surface area contributed by atoms with Gasteiger partial charge in [0.15, 0.2) is 0 Å². The van der Waals surface area contributed by atoms with Crippen molar-refractivity contribution in [2.24, 2.45) is 0 Å². The molecule has 1 saturated heterocycles. The van der Waals surface area contributed by atoms with E-state index in [4.69, 9.17) is 16.3 Å². The Balaban J connectivity index is 1.89. The van der Waals surface area contributed by atoms with Crippen molar-refractivity contribution < 1.29 is 4.74 Å². The van der Waals surface area contributed by atoms with E-state index in [0.717, 1.165) is 24.4 Å². The molecule has 0 spiro atoms. The summed E-state index contributed by atoms with van der Waals surface area (Å²) in [6.07, 6.45) is 4.73. The van der Waals surface area contributed by atoms with Crippen molar-refractivity contribution in [3.05, 3.63) is 16.5 Å².